The number of nitrogens with zero attached hydrogens (tertiary/aromatic N) is 1. The van der Waals surface area contributed by atoms with Gasteiger partial charge in [0.25, 0.3) is 5.91 Å². The summed E-state index contributed by atoms with van der Waals surface area (Å²) < 4.78 is 39.3. The quantitative estimate of drug-likeness (QED) is 0.938. The van der Waals surface area contributed by atoms with Gasteiger partial charge in [-0.3, -0.25) is 9.59 Å². The average Bonchev–Trinajstić information content (AvgIpc) is 2.88. The smallest absolute Gasteiger partial charge is 0.252 e. The van der Waals surface area contributed by atoms with Crippen molar-refractivity contribution in [2.75, 3.05) is 11.4 Å². The number of nitrogens with one attached hydrogen (secondary N) is 1. The van der Waals surface area contributed by atoms with Crippen molar-refractivity contribution < 1.29 is 22.8 Å². The molecule has 124 valence electrons. The Morgan fingerprint density at radius 2 is 1.62 bits per heavy atom. The molecule has 0 aromatic heterocycles. The minimum atomic E-state index is -0.870. The van der Waals surface area contributed by atoms with E-state index < -0.39 is 29.4 Å². The predicted molar refractivity (Wildman–Crippen MR) is 81.0 cm³/mol. The number of carbonyl (C=O) groups is 2. The highest BCUT2D eigenvalue weighted by molar-refractivity contribution is 6.03. The number of carbonyl (C=O) groups excluding carboxylic acids is 2. The van der Waals surface area contributed by atoms with Gasteiger partial charge in [-0.1, -0.05) is 0 Å². The molecule has 1 aliphatic heterocycles. The van der Waals surface area contributed by atoms with E-state index in [1.54, 1.807) is 0 Å². The lowest BCUT2D eigenvalue weighted by Gasteiger charge is -2.17. The molecule has 7 heteroatoms. The van der Waals surface area contributed by atoms with Crippen molar-refractivity contribution in [3.8, 4) is 0 Å². The van der Waals surface area contributed by atoms with Crippen LogP contribution in [0.3, 0.4) is 0 Å². The molecule has 1 fully saturated rings. The highest BCUT2D eigenvalue weighted by atomic mass is 19.1. The minimum absolute atomic E-state index is 0.194. The number of halogens is 3. The molecule has 0 spiro atoms. The summed E-state index contributed by atoms with van der Waals surface area (Å²) in [5.41, 5.74) is 0.329. The van der Waals surface area contributed by atoms with Crippen LogP contribution in [0, 0.1) is 17.5 Å². The number of rotatable bonds is 3. The van der Waals surface area contributed by atoms with Gasteiger partial charge in [0.2, 0.25) is 5.91 Å². The van der Waals surface area contributed by atoms with Crippen LogP contribution >= 0.6 is 0 Å². The summed E-state index contributed by atoms with van der Waals surface area (Å²) >= 11 is 0. The van der Waals surface area contributed by atoms with Crippen LogP contribution in [0.25, 0.3) is 0 Å². The Kier molecular flexibility index (Phi) is 4.24. The molecular formula is C17H13F3N2O2. The van der Waals surface area contributed by atoms with Gasteiger partial charge in [0.1, 0.15) is 23.5 Å². The van der Waals surface area contributed by atoms with E-state index in [9.17, 15) is 22.8 Å². The monoisotopic (exact) mass is 334 g/mol. The Morgan fingerprint density at radius 3 is 2.25 bits per heavy atom. The van der Waals surface area contributed by atoms with Crippen molar-refractivity contribution in [3.63, 3.8) is 0 Å². The van der Waals surface area contributed by atoms with Crippen LogP contribution in [-0.2, 0) is 4.79 Å². The molecule has 0 aliphatic carbocycles. The zero-order chi connectivity index (χ0) is 17.3. The SMILES string of the molecule is O=C(N[C@H]1CCN(c2ccc(F)cc2)C1=O)c1cc(F)cc(F)c1. The lowest BCUT2D eigenvalue weighted by molar-refractivity contribution is -0.118. The maximum absolute atomic E-state index is 13.2. The number of benzene rings is 2. The topological polar surface area (TPSA) is 49.4 Å². The summed E-state index contributed by atoms with van der Waals surface area (Å²) in [6.45, 7) is 0.354. The van der Waals surface area contributed by atoms with Crippen LogP contribution in [0.4, 0.5) is 18.9 Å². The Hall–Kier alpha value is -2.83. The number of hydrogen-bond donors (Lipinski definition) is 1. The van der Waals surface area contributed by atoms with Crippen molar-refractivity contribution in [1.29, 1.82) is 0 Å². The van der Waals surface area contributed by atoms with Gasteiger partial charge >= 0.3 is 0 Å². The second-order valence-corrected chi connectivity index (χ2v) is 5.44. The maximum atomic E-state index is 13.2. The van der Waals surface area contributed by atoms with E-state index in [0.717, 1.165) is 12.1 Å². The molecule has 1 aliphatic rings. The fraction of sp³-hybridized carbons (Fsp3) is 0.176. The second kappa shape index (κ2) is 6.35. The molecule has 0 unspecified atom stereocenters. The van der Waals surface area contributed by atoms with E-state index >= 15 is 0 Å². The van der Waals surface area contributed by atoms with Crippen molar-refractivity contribution in [1.82, 2.24) is 5.32 Å². The fourth-order valence-electron chi connectivity index (χ4n) is 2.62. The maximum Gasteiger partial charge on any atom is 0.252 e. The van der Waals surface area contributed by atoms with Gasteiger partial charge in [0, 0.05) is 23.9 Å². The highest BCUT2D eigenvalue weighted by Gasteiger charge is 2.33. The molecule has 1 atom stereocenters. The van der Waals surface area contributed by atoms with Crippen LogP contribution < -0.4 is 10.2 Å². The van der Waals surface area contributed by atoms with Crippen molar-refractivity contribution in [2.45, 2.75) is 12.5 Å². The van der Waals surface area contributed by atoms with E-state index in [4.69, 9.17) is 0 Å². The lowest BCUT2D eigenvalue weighted by Crippen LogP contribution is -2.41. The van der Waals surface area contributed by atoms with E-state index in [2.05, 4.69) is 5.32 Å². The molecule has 1 heterocycles. The van der Waals surface area contributed by atoms with E-state index in [1.165, 1.54) is 29.2 Å². The van der Waals surface area contributed by atoms with E-state index in [1.807, 2.05) is 0 Å². The first-order valence-corrected chi connectivity index (χ1v) is 7.28. The van der Waals surface area contributed by atoms with Crippen LogP contribution in [0.15, 0.2) is 42.5 Å². The van der Waals surface area contributed by atoms with Crippen molar-refractivity contribution in [2.24, 2.45) is 0 Å². The molecule has 2 aromatic rings. The molecule has 0 bridgehead atoms. The molecule has 2 amide bonds. The molecule has 3 rings (SSSR count). The van der Waals surface area contributed by atoms with Gasteiger partial charge in [0.15, 0.2) is 0 Å². The molecule has 1 N–H and O–H groups in total. The lowest BCUT2D eigenvalue weighted by atomic mass is 10.1. The number of anilines is 1. The normalized spacial score (nSPS) is 17.2. The second-order valence-electron chi connectivity index (χ2n) is 5.44. The van der Waals surface area contributed by atoms with Crippen LogP contribution in [-0.4, -0.2) is 24.4 Å². The third-order valence-electron chi connectivity index (χ3n) is 3.77. The van der Waals surface area contributed by atoms with Gasteiger partial charge in [-0.25, -0.2) is 13.2 Å². The molecule has 24 heavy (non-hydrogen) atoms. The van der Waals surface area contributed by atoms with Gasteiger partial charge in [-0.15, -0.1) is 0 Å². The Balaban J connectivity index is 1.71. The third-order valence-corrected chi connectivity index (χ3v) is 3.77. The van der Waals surface area contributed by atoms with E-state index in [-0.39, 0.29) is 11.5 Å². The predicted octanol–water partition coefficient (Wildman–Crippen LogP) is 2.64. The van der Waals surface area contributed by atoms with Gasteiger partial charge in [-0.2, -0.15) is 0 Å². The Morgan fingerprint density at radius 1 is 1.00 bits per heavy atom. The molecule has 4 nitrogen and oxygen atoms in total. The summed E-state index contributed by atoms with van der Waals surface area (Å²) in [6.07, 6.45) is 0.347. The summed E-state index contributed by atoms with van der Waals surface area (Å²) in [6, 6.07) is 7.08. The van der Waals surface area contributed by atoms with E-state index in [0.29, 0.717) is 24.7 Å². The summed E-state index contributed by atoms with van der Waals surface area (Å²) in [7, 11) is 0. The number of hydrogen-bond acceptors (Lipinski definition) is 2. The van der Waals surface area contributed by atoms with Gasteiger partial charge in [0.05, 0.1) is 0 Å². The molecule has 1 saturated heterocycles. The molecular weight excluding hydrogens is 321 g/mol. The first-order chi connectivity index (χ1) is 11.4. The van der Waals surface area contributed by atoms with Crippen molar-refractivity contribution >= 4 is 17.5 Å². The third kappa shape index (κ3) is 3.24. The number of amides is 2. The average molecular weight is 334 g/mol. The van der Waals surface area contributed by atoms with Crippen LogP contribution in [0.5, 0.6) is 0 Å². The van der Waals surface area contributed by atoms with Gasteiger partial charge in [-0.05, 0) is 42.8 Å². The summed E-state index contributed by atoms with van der Waals surface area (Å²) in [5, 5.41) is 2.47. The van der Waals surface area contributed by atoms with Gasteiger partial charge < -0.3 is 10.2 Å². The first-order valence-electron chi connectivity index (χ1n) is 7.28. The minimum Gasteiger partial charge on any atom is -0.340 e. The van der Waals surface area contributed by atoms with Crippen molar-refractivity contribution in [3.05, 3.63) is 65.5 Å². The molecule has 0 saturated carbocycles. The highest BCUT2D eigenvalue weighted by Crippen LogP contribution is 2.22. The first kappa shape index (κ1) is 16.0. The van der Waals surface area contributed by atoms with Crippen LogP contribution in [0.2, 0.25) is 0 Å². The van der Waals surface area contributed by atoms with Crippen LogP contribution in [0.1, 0.15) is 16.8 Å². The molecule has 2 aromatic carbocycles. The Labute approximate surface area is 135 Å². The fourth-order valence-corrected chi connectivity index (χ4v) is 2.62. The summed E-state index contributed by atoms with van der Waals surface area (Å²) in [4.78, 5) is 25.9. The zero-order valence-corrected chi connectivity index (χ0v) is 12.4. The Bertz CT molecular complexity index is 773. The standard InChI is InChI=1S/C17H13F3N2O2/c18-11-1-3-14(4-2-11)22-6-5-15(17(22)24)21-16(23)10-7-12(19)9-13(20)8-10/h1-4,7-9,15H,5-6H2,(H,21,23)/t15-/m0/s1. The zero-order valence-electron chi connectivity index (χ0n) is 12.4. The largest absolute Gasteiger partial charge is 0.340 e. The molecule has 0 radical (unpaired) electrons. The summed E-state index contributed by atoms with van der Waals surface area (Å²) in [5.74, 6) is -3.24.